The Morgan fingerprint density at radius 2 is 2.20 bits per heavy atom. The first-order valence-corrected chi connectivity index (χ1v) is 5.95. The molecule has 1 aromatic carbocycles. The SMILES string of the molecule is COC(=O)c1cc(Nc2ccc(F)c(Cl)c2)ncc1N. The molecule has 0 saturated heterocycles. The molecule has 0 unspecified atom stereocenters. The number of rotatable bonds is 3. The van der Waals surface area contributed by atoms with Crippen molar-refractivity contribution in [2.75, 3.05) is 18.2 Å². The van der Waals surface area contributed by atoms with Crippen LogP contribution in [0.5, 0.6) is 0 Å². The fraction of sp³-hybridized carbons (Fsp3) is 0.0769. The van der Waals surface area contributed by atoms with Crippen molar-refractivity contribution in [1.82, 2.24) is 4.98 Å². The average molecular weight is 296 g/mol. The van der Waals surface area contributed by atoms with Crippen LogP contribution >= 0.6 is 11.6 Å². The molecule has 0 amide bonds. The number of nitrogens with two attached hydrogens (primary N) is 1. The number of hydrogen-bond acceptors (Lipinski definition) is 5. The Hall–Kier alpha value is -2.34. The molecule has 0 aliphatic heterocycles. The molecule has 0 atom stereocenters. The van der Waals surface area contributed by atoms with Gasteiger partial charge in [0, 0.05) is 5.69 Å². The predicted octanol–water partition coefficient (Wildman–Crippen LogP) is 2.99. The number of hydrogen-bond donors (Lipinski definition) is 2. The number of carbonyl (C=O) groups is 1. The smallest absolute Gasteiger partial charge is 0.340 e. The molecule has 7 heteroatoms. The van der Waals surface area contributed by atoms with Crippen molar-refractivity contribution in [1.29, 1.82) is 0 Å². The zero-order chi connectivity index (χ0) is 14.7. The van der Waals surface area contributed by atoms with Crippen molar-refractivity contribution < 1.29 is 13.9 Å². The molecule has 5 nitrogen and oxygen atoms in total. The van der Waals surface area contributed by atoms with Crippen molar-refractivity contribution in [3.8, 4) is 0 Å². The quantitative estimate of drug-likeness (QED) is 0.851. The van der Waals surface area contributed by atoms with Crippen LogP contribution in [0.4, 0.5) is 21.6 Å². The lowest BCUT2D eigenvalue weighted by molar-refractivity contribution is 0.0602. The van der Waals surface area contributed by atoms with Gasteiger partial charge < -0.3 is 15.8 Å². The number of nitrogen functional groups attached to an aromatic ring is 1. The second-order valence-electron chi connectivity index (χ2n) is 3.90. The van der Waals surface area contributed by atoms with E-state index in [4.69, 9.17) is 17.3 Å². The van der Waals surface area contributed by atoms with E-state index >= 15 is 0 Å². The van der Waals surface area contributed by atoms with E-state index in [-0.39, 0.29) is 16.3 Å². The number of methoxy groups -OCH3 is 1. The number of nitrogens with zero attached hydrogens (tertiary/aromatic N) is 1. The van der Waals surface area contributed by atoms with E-state index in [1.54, 1.807) is 0 Å². The number of esters is 1. The van der Waals surface area contributed by atoms with E-state index in [0.717, 1.165) is 0 Å². The van der Waals surface area contributed by atoms with Gasteiger partial charge in [0.1, 0.15) is 11.6 Å². The third-order valence-corrected chi connectivity index (χ3v) is 2.82. The van der Waals surface area contributed by atoms with Gasteiger partial charge in [-0.15, -0.1) is 0 Å². The number of halogens is 2. The zero-order valence-corrected chi connectivity index (χ0v) is 11.2. The largest absolute Gasteiger partial charge is 0.465 e. The molecule has 0 saturated carbocycles. The van der Waals surface area contributed by atoms with E-state index in [2.05, 4.69) is 15.0 Å². The summed E-state index contributed by atoms with van der Waals surface area (Å²) in [5.41, 5.74) is 6.57. The summed E-state index contributed by atoms with van der Waals surface area (Å²) in [5.74, 6) is -0.718. The maximum Gasteiger partial charge on any atom is 0.340 e. The number of benzene rings is 1. The molecule has 3 N–H and O–H groups in total. The fourth-order valence-electron chi connectivity index (χ4n) is 1.54. The standard InChI is InChI=1S/C13H11ClFN3O2/c1-20-13(19)8-5-12(17-6-11(8)16)18-7-2-3-10(15)9(14)4-7/h2-6H,16H2,1H3,(H,17,18). The van der Waals surface area contributed by atoms with Crippen molar-refractivity contribution >= 4 is 34.8 Å². The molecule has 0 fully saturated rings. The molecule has 0 aliphatic carbocycles. The summed E-state index contributed by atoms with van der Waals surface area (Å²) in [6, 6.07) is 5.57. The average Bonchev–Trinajstić information content (AvgIpc) is 2.44. The molecule has 0 bridgehead atoms. The van der Waals surface area contributed by atoms with Gasteiger partial charge in [-0.3, -0.25) is 0 Å². The summed E-state index contributed by atoms with van der Waals surface area (Å²) in [6.45, 7) is 0. The highest BCUT2D eigenvalue weighted by molar-refractivity contribution is 6.31. The molecular formula is C13H11ClFN3O2. The molecule has 2 rings (SSSR count). The maximum absolute atomic E-state index is 13.1. The molecule has 20 heavy (non-hydrogen) atoms. The minimum Gasteiger partial charge on any atom is -0.465 e. The number of carbonyl (C=O) groups excluding carboxylic acids is 1. The van der Waals surface area contributed by atoms with E-state index < -0.39 is 11.8 Å². The van der Waals surface area contributed by atoms with Crippen molar-refractivity contribution in [3.63, 3.8) is 0 Å². The fourth-order valence-corrected chi connectivity index (χ4v) is 1.72. The Labute approximate surface area is 119 Å². The van der Waals surface area contributed by atoms with Crippen LogP contribution in [0, 0.1) is 5.82 Å². The molecule has 0 radical (unpaired) electrons. The van der Waals surface area contributed by atoms with E-state index in [9.17, 15) is 9.18 Å². The lowest BCUT2D eigenvalue weighted by Crippen LogP contribution is -2.07. The van der Waals surface area contributed by atoms with E-state index in [1.807, 2.05) is 0 Å². The second kappa shape index (κ2) is 5.75. The van der Waals surface area contributed by atoms with E-state index in [0.29, 0.717) is 11.5 Å². The van der Waals surface area contributed by atoms with Crippen molar-refractivity contribution in [2.24, 2.45) is 0 Å². The lowest BCUT2D eigenvalue weighted by Gasteiger charge is -2.09. The number of pyridine rings is 1. The Kier molecular flexibility index (Phi) is 4.05. The number of nitrogens with one attached hydrogen (secondary N) is 1. The molecule has 0 spiro atoms. The third-order valence-electron chi connectivity index (χ3n) is 2.53. The minimum atomic E-state index is -0.565. The first kappa shape index (κ1) is 14.1. The van der Waals surface area contributed by atoms with Gasteiger partial charge in [0.2, 0.25) is 0 Å². The highest BCUT2D eigenvalue weighted by atomic mass is 35.5. The summed E-state index contributed by atoms with van der Waals surface area (Å²) >= 11 is 5.68. The van der Waals surface area contributed by atoms with Gasteiger partial charge >= 0.3 is 5.97 Å². The van der Waals surface area contributed by atoms with Crippen LogP contribution in [0.2, 0.25) is 5.02 Å². The van der Waals surface area contributed by atoms with Crippen molar-refractivity contribution in [2.45, 2.75) is 0 Å². The van der Waals surface area contributed by atoms with Crippen LogP contribution in [-0.2, 0) is 4.74 Å². The predicted molar refractivity (Wildman–Crippen MR) is 74.7 cm³/mol. The number of ether oxygens (including phenoxy) is 1. The van der Waals surface area contributed by atoms with Gasteiger partial charge in [-0.05, 0) is 24.3 Å². The first-order chi connectivity index (χ1) is 9.51. The highest BCUT2D eigenvalue weighted by Gasteiger charge is 2.12. The summed E-state index contributed by atoms with van der Waals surface area (Å²) < 4.78 is 17.7. The maximum atomic E-state index is 13.1. The number of anilines is 3. The number of aromatic nitrogens is 1. The van der Waals surface area contributed by atoms with Gasteiger partial charge in [-0.1, -0.05) is 11.6 Å². The zero-order valence-electron chi connectivity index (χ0n) is 10.5. The monoisotopic (exact) mass is 295 g/mol. The van der Waals surface area contributed by atoms with Crippen molar-refractivity contribution in [3.05, 3.63) is 46.9 Å². The third kappa shape index (κ3) is 2.97. The van der Waals surface area contributed by atoms with Gasteiger partial charge in [0.05, 0.1) is 29.6 Å². The topological polar surface area (TPSA) is 77.2 Å². The summed E-state index contributed by atoms with van der Waals surface area (Å²) in [5, 5.41) is 2.88. The Balaban J connectivity index is 2.29. The minimum absolute atomic E-state index is 0.0152. The molecular weight excluding hydrogens is 285 g/mol. The van der Waals surface area contributed by atoms with Crippen LogP contribution in [-0.4, -0.2) is 18.1 Å². The first-order valence-electron chi connectivity index (χ1n) is 5.57. The van der Waals surface area contributed by atoms with E-state index in [1.165, 1.54) is 37.6 Å². The van der Waals surface area contributed by atoms with Crippen LogP contribution in [0.3, 0.4) is 0 Å². The summed E-state index contributed by atoms with van der Waals surface area (Å²) in [4.78, 5) is 15.5. The van der Waals surface area contributed by atoms with Crippen LogP contribution in [0.25, 0.3) is 0 Å². The van der Waals surface area contributed by atoms with Gasteiger partial charge in [0.15, 0.2) is 0 Å². The summed E-state index contributed by atoms with van der Waals surface area (Å²) in [6.07, 6.45) is 1.33. The van der Waals surface area contributed by atoms with Crippen LogP contribution in [0.1, 0.15) is 10.4 Å². The van der Waals surface area contributed by atoms with Gasteiger partial charge in [-0.2, -0.15) is 0 Å². The van der Waals surface area contributed by atoms with Gasteiger partial charge in [-0.25, -0.2) is 14.2 Å². The normalized spacial score (nSPS) is 10.2. The Bertz CT molecular complexity index is 664. The van der Waals surface area contributed by atoms with Crippen LogP contribution < -0.4 is 11.1 Å². The molecule has 0 aliphatic rings. The lowest BCUT2D eigenvalue weighted by atomic mass is 10.2. The molecule has 104 valence electrons. The molecule has 1 heterocycles. The Morgan fingerprint density at radius 1 is 1.45 bits per heavy atom. The summed E-state index contributed by atoms with van der Waals surface area (Å²) in [7, 11) is 1.26. The molecule has 1 aromatic heterocycles. The van der Waals surface area contributed by atoms with Crippen LogP contribution in [0.15, 0.2) is 30.5 Å². The highest BCUT2D eigenvalue weighted by Crippen LogP contribution is 2.23. The van der Waals surface area contributed by atoms with Gasteiger partial charge in [0.25, 0.3) is 0 Å². The second-order valence-corrected chi connectivity index (χ2v) is 4.31. The Morgan fingerprint density at radius 3 is 2.85 bits per heavy atom. The molecule has 2 aromatic rings.